The lowest BCUT2D eigenvalue weighted by Crippen LogP contribution is -2.09. The lowest BCUT2D eigenvalue weighted by Gasteiger charge is -2.10. The number of nitrogens with two attached hydrogens (primary N) is 1. The van der Waals surface area contributed by atoms with Gasteiger partial charge in [0.25, 0.3) is 0 Å². The molecule has 4 rings (SSSR count). The molecule has 0 unspecified atom stereocenters. The quantitative estimate of drug-likeness (QED) is 0.468. The number of fused-ring (bicyclic) bond motifs is 1. The van der Waals surface area contributed by atoms with Crippen LogP contribution in [0.4, 0.5) is 19.0 Å². The molecule has 12 heteroatoms. The molecule has 0 fully saturated rings. The van der Waals surface area contributed by atoms with Crippen LogP contribution < -0.4 is 5.73 Å². The molecule has 0 aliphatic rings. The second kappa shape index (κ2) is 8.17. The Morgan fingerprint density at radius 2 is 1.53 bits per heavy atom. The van der Waals surface area contributed by atoms with Crippen LogP contribution in [0, 0.1) is 22.7 Å². The van der Waals surface area contributed by atoms with E-state index in [1.165, 1.54) is 41.0 Å². The number of sulfone groups is 1. The van der Waals surface area contributed by atoms with Crippen LogP contribution in [0.5, 0.6) is 0 Å². The minimum absolute atomic E-state index is 0.0834. The van der Waals surface area contributed by atoms with Crippen LogP contribution in [-0.4, -0.2) is 23.0 Å². The number of rotatable bonds is 4. The number of alkyl halides is 3. The van der Waals surface area contributed by atoms with E-state index in [-0.39, 0.29) is 39.8 Å². The zero-order chi connectivity index (χ0) is 24.7. The number of hydrogen-bond acceptors (Lipinski definition) is 7. The molecule has 0 aliphatic heterocycles. The Morgan fingerprint density at radius 3 is 2.09 bits per heavy atom. The van der Waals surface area contributed by atoms with Crippen molar-refractivity contribution >= 4 is 26.8 Å². The van der Waals surface area contributed by atoms with Gasteiger partial charge in [0, 0.05) is 0 Å². The molecule has 0 saturated carbocycles. The summed E-state index contributed by atoms with van der Waals surface area (Å²) in [6.07, 6.45) is -4.52. The van der Waals surface area contributed by atoms with Crippen molar-refractivity contribution in [1.29, 1.82) is 10.5 Å². The van der Waals surface area contributed by atoms with Crippen LogP contribution in [0.2, 0.25) is 0 Å². The van der Waals surface area contributed by atoms with Gasteiger partial charge < -0.3 is 10.3 Å². The van der Waals surface area contributed by atoms with Gasteiger partial charge in [-0.05, 0) is 29.8 Å². The van der Waals surface area contributed by atoms with E-state index in [0.717, 1.165) is 12.1 Å². The molecule has 2 N–H and O–H groups in total. The monoisotopic (exact) mass is 482 g/mol. The fourth-order valence-corrected chi connectivity index (χ4v) is 4.93. The van der Waals surface area contributed by atoms with Crippen LogP contribution in [0.25, 0.3) is 11.2 Å². The third kappa shape index (κ3) is 3.80. The largest absolute Gasteiger partial charge is 0.416 e. The topological polar surface area (TPSA) is 138 Å². The molecule has 4 aromatic rings. The molecule has 0 atom stereocenters. The fourth-order valence-electron chi connectivity index (χ4n) is 3.41. The van der Waals surface area contributed by atoms with Crippen LogP contribution in [-0.2, 0) is 22.6 Å². The summed E-state index contributed by atoms with van der Waals surface area (Å²) >= 11 is 0. The van der Waals surface area contributed by atoms with E-state index < -0.39 is 26.5 Å². The molecular formula is C22H13F3N6O2S. The maximum atomic E-state index is 13.4. The summed E-state index contributed by atoms with van der Waals surface area (Å²) in [5.41, 5.74) is 4.71. The van der Waals surface area contributed by atoms with Crippen molar-refractivity contribution in [2.24, 2.45) is 0 Å². The maximum Gasteiger partial charge on any atom is 0.416 e. The number of aromatic nitrogens is 3. The highest BCUT2D eigenvalue weighted by Gasteiger charge is 2.32. The Kier molecular flexibility index (Phi) is 5.47. The Labute approximate surface area is 191 Å². The maximum absolute atomic E-state index is 13.4. The first-order chi connectivity index (χ1) is 16.1. The van der Waals surface area contributed by atoms with E-state index >= 15 is 0 Å². The first-order valence-electron chi connectivity index (χ1n) is 9.54. The Bertz CT molecular complexity index is 1600. The third-order valence-electron chi connectivity index (χ3n) is 5.03. The highest BCUT2D eigenvalue weighted by molar-refractivity contribution is 7.92. The van der Waals surface area contributed by atoms with E-state index in [9.17, 15) is 32.1 Å². The van der Waals surface area contributed by atoms with Crippen LogP contribution in [0.15, 0.2) is 64.4 Å². The summed E-state index contributed by atoms with van der Waals surface area (Å²) < 4.78 is 66.8. The molecule has 170 valence electrons. The Balaban J connectivity index is 1.97. The third-order valence-corrected chi connectivity index (χ3v) is 6.86. The van der Waals surface area contributed by atoms with Crippen LogP contribution in [0.3, 0.4) is 0 Å². The average Bonchev–Trinajstić information content (AvgIpc) is 3.09. The van der Waals surface area contributed by atoms with Crippen molar-refractivity contribution in [3.63, 3.8) is 0 Å². The molecular weight excluding hydrogens is 469 g/mol. The number of anilines is 1. The highest BCUT2D eigenvalue weighted by atomic mass is 32.2. The van der Waals surface area contributed by atoms with Gasteiger partial charge in [0.1, 0.15) is 28.4 Å². The fraction of sp³-hybridized carbons (Fsp3) is 0.0909. The molecule has 34 heavy (non-hydrogen) atoms. The van der Waals surface area contributed by atoms with Crippen molar-refractivity contribution in [2.75, 3.05) is 5.73 Å². The van der Waals surface area contributed by atoms with E-state index in [4.69, 9.17) is 5.73 Å². The van der Waals surface area contributed by atoms with E-state index in [1.54, 1.807) is 18.2 Å². The molecule has 8 nitrogen and oxygen atoms in total. The van der Waals surface area contributed by atoms with Gasteiger partial charge in [0.15, 0.2) is 17.0 Å². The van der Waals surface area contributed by atoms with Crippen LogP contribution >= 0.6 is 0 Å². The number of nitrogen functional groups attached to an aromatic ring is 1. The minimum atomic E-state index is -4.52. The van der Waals surface area contributed by atoms with Gasteiger partial charge in [0.2, 0.25) is 9.84 Å². The predicted octanol–water partition coefficient (Wildman–Crippen LogP) is 3.66. The first-order valence-corrected chi connectivity index (χ1v) is 11.0. The van der Waals surface area contributed by atoms with Crippen molar-refractivity contribution < 1.29 is 21.6 Å². The molecule has 0 saturated heterocycles. The van der Waals surface area contributed by atoms with Gasteiger partial charge in [0.05, 0.1) is 17.0 Å². The molecule has 0 radical (unpaired) electrons. The van der Waals surface area contributed by atoms with Crippen LogP contribution in [0.1, 0.15) is 22.5 Å². The van der Waals surface area contributed by atoms with Gasteiger partial charge in [-0.3, -0.25) is 0 Å². The Morgan fingerprint density at radius 1 is 0.941 bits per heavy atom. The summed E-state index contributed by atoms with van der Waals surface area (Å²) in [5, 5.41) is 18.7. The normalized spacial score (nSPS) is 11.8. The molecule has 0 spiro atoms. The van der Waals surface area contributed by atoms with Crippen molar-refractivity contribution in [3.8, 4) is 12.1 Å². The van der Waals surface area contributed by atoms with Gasteiger partial charge in [-0.15, -0.1) is 0 Å². The lowest BCUT2D eigenvalue weighted by atomic mass is 10.1. The molecule has 0 bridgehead atoms. The summed E-state index contributed by atoms with van der Waals surface area (Å²) in [5.74, 6) is -0.280. The number of halogens is 3. The number of benzene rings is 2. The highest BCUT2D eigenvalue weighted by Crippen LogP contribution is 2.35. The van der Waals surface area contributed by atoms with Gasteiger partial charge in [-0.1, -0.05) is 30.3 Å². The molecule has 0 aliphatic carbocycles. The number of hydrogen-bond donors (Lipinski definition) is 1. The van der Waals surface area contributed by atoms with Gasteiger partial charge >= 0.3 is 6.18 Å². The first kappa shape index (κ1) is 22.8. The lowest BCUT2D eigenvalue weighted by molar-refractivity contribution is -0.137. The number of nitrogens with zero attached hydrogens (tertiary/aromatic N) is 5. The summed E-state index contributed by atoms with van der Waals surface area (Å²) in [6.45, 7) is -0.157. The SMILES string of the molecule is N#Cc1nc2c(S(=O)(=O)c3ccccc3)c(N)n(Cc3ccc(C(F)(F)F)cc3)c2nc1C#N. The van der Waals surface area contributed by atoms with Crippen molar-refractivity contribution in [3.05, 3.63) is 77.1 Å². The second-order valence-electron chi connectivity index (χ2n) is 7.13. The van der Waals surface area contributed by atoms with E-state index in [2.05, 4.69) is 9.97 Å². The Hall–Kier alpha value is -4.42. The molecule has 2 aromatic heterocycles. The minimum Gasteiger partial charge on any atom is -0.384 e. The van der Waals surface area contributed by atoms with Crippen molar-refractivity contribution in [2.45, 2.75) is 22.5 Å². The molecule has 2 heterocycles. The predicted molar refractivity (Wildman–Crippen MR) is 114 cm³/mol. The van der Waals surface area contributed by atoms with Gasteiger partial charge in [-0.2, -0.15) is 23.7 Å². The average molecular weight is 482 g/mol. The zero-order valence-electron chi connectivity index (χ0n) is 17.1. The molecule has 2 aromatic carbocycles. The zero-order valence-corrected chi connectivity index (χ0v) is 17.9. The summed E-state index contributed by atoms with van der Waals surface area (Å²) in [6, 6.07) is 15.0. The number of nitriles is 2. The van der Waals surface area contributed by atoms with E-state index in [0.29, 0.717) is 5.56 Å². The smallest absolute Gasteiger partial charge is 0.384 e. The standard InChI is InChI=1S/C22H13F3N6O2S/c23-22(24,25)14-8-6-13(7-9-14)12-31-20(28)19(34(32,33)15-4-2-1-3-5-15)18-21(31)30-17(11-27)16(10-26)29-18/h1-9H,12,28H2. The second-order valence-corrected chi connectivity index (χ2v) is 9.01. The van der Waals surface area contributed by atoms with E-state index in [1.807, 2.05) is 0 Å². The summed E-state index contributed by atoms with van der Waals surface area (Å²) in [4.78, 5) is 7.66. The van der Waals surface area contributed by atoms with Crippen molar-refractivity contribution in [1.82, 2.24) is 14.5 Å². The summed E-state index contributed by atoms with van der Waals surface area (Å²) in [7, 11) is -4.23. The molecule has 0 amide bonds. The van der Waals surface area contributed by atoms with Gasteiger partial charge in [-0.25, -0.2) is 18.4 Å².